The molecule has 0 radical (unpaired) electrons. The molecule has 3 heteroatoms. The van der Waals surface area contributed by atoms with E-state index < -0.39 is 0 Å². The number of nitrogens with zero attached hydrogens (tertiary/aromatic N) is 3. The molecule has 0 amide bonds. The van der Waals surface area contributed by atoms with Gasteiger partial charge in [-0.05, 0) is 30.7 Å². The van der Waals surface area contributed by atoms with Crippen LogP contribution in [0.25, 0.3) is 27.5 Å². The maximum Gasteiger partial charge on any atom is 0.248 e. The minimum Gasteiger partial charge on any atom is -0.340 e. The summed E-state index contributed by atoms with van der Waals surface area (Å²) in [4.78, 5) is 0. The lowest BCUT2D eigenvalue weighted by Crippen LogP contribution is -2.23. The molecule has 140 valence electrons. The highest BCUT2D eigenvalue weighted by atomic mass is 15.1. The summed E-state index contributed by atoms with van der Waals surface area (Å²) >= 11 is 0. The summed E-state index contributed by atoms with van der Waals surface area (Å²) in [5.74, 6) is 0. The molecule has 0 aliphatic heterocycles. The molecule has 4 rings (SSSR count). The van der Waals surface area contributed by atoms with E-state index in [4.69, 9.17) is 0 Å². The molecule has 3 nitrogen and oxygen atoms in total. The van der Waals surface area contributed by atoms with E-state index in [1.165, 1.54) is 66.0 Å². The fraction of sp³-hybridized carbons (Fsp3) is 0.375. The minimum absolute atomic E-state index is 1.11. The topological polar surface area (TPSA) is 13.7 Å². The number of hydrogen-bond acceptors (Lipinski definition) is 0. The average Bonchev–Trinajstić information content (AvgIpc) is 3.26. The van der Waals surface area contributed by atoms with Gasteiger partial charge in [0.15, 0.2) is 0 Å². The zero-order valence-electron chi connectivity index (χ0n) is 16.6. The van der Waals surface area contributed by atoms with Gasteiger partial charge in [-0.25, -0.2) is 9.13 Å². The van der Waals surface area contributed by atoms with E-state index in [0.717, 1.165) is 6.54 Å². The summed E-state index contributed by atoms with van der Waals surface area (Å²) in [5.41, 5.74) is 3.92. The molecule has 0 atom stereocenters. The first-order chi connectivity index (χ1) is 13.3. The largest absolute Gasteiger partial charge is 0.340 e. The molecule has 27 heavy (non-hydrogen) atoms. The smallest absolute Gasteiger partial charge is 0.248 e. The van der Waals surface area contributed by atoms with Gasteiger partial charge in [0.1, 0.15) is 18.1 Å². The van der Waals surface area contributed by atoms with Crippen molar-refractivity contribution in [2.45, 2.75) is 52.0 Å². The third-order valence-electron chi connectivity index (χ3n) is 5.56. The Balaban J connectivity index is 1.66. The molecule has 2 aromatic carbocycles. The standard InChI is InChI=1S/C24H30N3/c1-3-4-5-6-7-10-15-27-23-12-9-8-11-21(23)22-18-20(13-14-24(22)27)26-17-16-25(2)19-26/h8-9,11-14,16-19H,3-7,10,15H2,1-2H3/q+1. The minimum atomic E-state index is 1.11. The summed E-state index contributed by atoms with van der Waals surface area (Å²) < 4.78 is 6.77. The Labute approximate surface area is 161 Å². The van der Waals surface area contributed by atoms with Gasteiger partial charge in [-0.3, -0.25) is 0 Å². The van der Waals surface area contributed by atoms with Crippen molar-refractivity contribution in [1.82, 2.24) is 9.13 Å². The Morgan fingerprint density at radius 1 is 0.852 bits per heavy atom. The van der Waals surface area contributed by atoms with Gasteiger partial charge < -0.3 is 4.57 Å². The predicted molar refractivity (Wildman–Crippen MR) is 113 cm³/mol. The van der Waals surface area contributed by atoms with Crippen LogP contribution in [0.4, 0.5) is 0 Å². The van der Waals surface area contributed by atoms with Gasteiger partial charge in [0.25, 0.3) is 0 Å². The van der Waals surface area contributed by atoms with E-state index >= 15 is 0 Å². The number of hydrogen-bond donors (Lipinski definition) is 0. The van der Waals surface area contributed by atoms with Crippen LogP contribution in [0.15, 0.2) is 61.2 Å². The highest BCUT2D eigenvalue weighted by Gasteiger charge is 2.13. The van der Waals surface area contributed by atoms with Crippen LogP contribution in [-0.4, -0.2) is 9.13 Å². The molecule has 0 bridgehead atoms. The summed E-state index contributed by atoms with van der Waals surface area (Å²) in [5, 5.41) is 2.71. The molecule has 2 aromatic heterocycles. The van der Waals surface area contributed by atoms with Crippen molar-refractivity contribution in [2.75, 3.05) is 0 Å². The third kappa shape index (κ3) is 3.64. The van der Waals surface area contributed by atoms with E-state index in [-0.39, 0.29) is 0 Å². The van der Waals surface area contributed by atoms with Crippen molar-refractivity contribution >= 4 is 21.8 Å². The van der Waals surface area contributed by atoms with Crippen molar-refractivity contribution in [3.05, 3.63) is 61.2 Å². The van der Waals surface area contributed by atoms with Gasteiger partial charge in [0.2, 0.25) is 6.33 Å². The number of imidazole rings is 1. The van der Waals surface area contributed by atoms with Gasteiger partial charge >= 0.3 is 0 Å². The first kappa shape index (κ1) is 17.8. The zero-order valence-corrected chi connectivity index (χ0v) is 16.6. The van der Waals surface area contributed by atoms with Crippen LogP contribution in [0.1, 0.15) is 45.4 Å². The molecule has 0 saturated heterocycles. The van der Waals surface area contributed by atoms with Crippen molar-refractivity contribution in [1.29, 1.82) is 0 Å². The van der Waals surface area contributed by atoms with E-state index in [1.807, 2.05) is 0 Å². The summed E-state index contributed by atoms with van der Waals surface area (Å²) in [6, 6.07) is 15.7. The van der Waals surface area contributed by atoms with Gasteiger partial charge in [0.05, 0.1) is 7.05 Å². The van der Waals surface area contributed by atoms with E-state index in [0.29, 0.717) is 0 Å². The normalized spacial score (nSPS) is 11.6. The molecule has 2 heterocycles. The van der Waals surface area contributed by atoms with Gasteiger partial charge in [-0.2, -0.15) is 0 Å². The molecular formula is C24H30N3+. The molecule has 0 aliphatic rings. The molecule has 0 fully saturated rings. The van der Waals surface area contributed by atoms with E-state index in [9.17, 15) is 0 Å². The fourth-order valence-electron chi connectivity index (χ4n) is 4.10. The quantitative estimate of drug-likeness (QED) is 0.280. The highest BCUT2D eigenvalue weighted by Crippen LogP contribution is 2.31. The van der Waals surface area contributed by atoms with Crippen LogP contribution in [-0.2, 0) is 13.6 Å². The van der Waals surface area contributed by atoms with Crippen LogP contribution in [0.5, 0.6) is 0 Å². The van der Waals surface area contributed by atoms with Gasteiger partial charge in [0, 0.05) is 28.4 Å². The Bertz CT molecular complexity index is 1040. The number of aromatic nitrogens is 3. The van der Waals surface area contributed by atoms with Crippen molar-refractivity contribution < 1.29 is 4.57 Å². The SMILES string of the molecule is CCCCCCCCn1c2ccccc2c2cc(-n3cc[n+](C)c3)ccc21. The Hall–Kier alpha value is -2.55. The molecule has 0 unspecified atom stereocenters. The molecular weight excluding hydrogens is 330 g/mol. The number of aryl methyl sites for hydroxylation is 2. The second-order valence-corrected chi connectivity index (χ2v) is 7.62. The van der Waals surface area contributed by atoms with Crippen LogP contribution < -0.4 is 4.57 Å². The lowest BCUT2D eigenvalue weighted by atomic mass is 10.1. The number of fused-ring (bicyclic) bond motifs is 3. The Morgan fingerprint density at radius 2 is 1.63 bits per heavy atom. The maximum atomic E-state index is 2.52. The van der Waals surface area contributed by atoms with Crippen LogP contribution in [0.3, 0.4) is 0 Å². The summed E-state index contributed by atoms with van der Waals surface area (Å²) in [6.45, 7) is 3.38. The first-order valence-electron chi connectivity index (χ1n) is 10.3. The van der Waals surface area contributed by atoms with Crippen molar-refractivity contribution in [3.8, 4) is 5.69 Å². The second-order valence-electron chi connectivity index (χ2n) is 7.62. The lowest BCUT2D eigenvalue weighted by Gasteiger charge is -2.07. The maximum absolute atomic E-state index is 2.52. The lowest BCUT2D eigenvalue weighted by molar-refractivity contribution is -0.670. The zero-order chi connectivity index (χ0) is 18.6. The van der Waals surface area contributed by atoms with Crippen molar-refractivity contribution in [2.24, 2.45) is 7.05 Å². The summed E-state index contributed by atoms with van der Waals surface area (Å²) in [7, 11) is 2.06. The number of para-hydroxylation sites is 1. The monoisotopic (exact) mass is 360 g/mol. The first-order valence-corrected chi connectivity index (χ1v) is 10.3. The van der Waals surface area contributed by atoms with E-state index in [1.54, 1.807) is 0 Å². The Morgan fingerprint density at radius 3 is 2.44 bits per heavy atom. The van der Waals surface area contributed by atoms with Gasteiger partial charge in [-0.1, -0.05) is 57.2 Å². The molecule has 0 N–H and O–H groups in total. The second kappa shape index (κ2) is 7.99. The molecule has 0 saturated carbocycles. The van der Waals surface area contributed by atoms with Crippen LogP contribution >= 0.6 is 0 Å². The van der Waals surface area contributed by atoms with Crippen LogP contribution in [0.2, 0.25) is 0 Å². The molecule has 0 spiro atoms. The van der Waals surface area contributed by atoms with Crippen LogP contribution in [0, 0.1) is 0 Å². The average molecular weight is 361 g/mol. The molecule has 4 aromatic rings. The highest BCUT2D eigenvalue weighted by molar-refractivity contribution is 6.08. The fourth-order valence-corrected chi connectivity index (χ4v) is 4.10. The van der Waals surface area contributed by atoms with E-state index in [2.05, 4.69) is 88.9 Å². The van der Waals surface area contributed by atoms with Gasteiger partial charge in [-0.15, -0.1) is 0 Å². The molecule has 0 aliphatic carbocycles. The number of benzene rings is 2. The summed E-state index contributed by atoms with van der Waals surface area (Å²) in [6.07, 6.45) is 14.3. The Kier molecular flexibility index (Phi) is 5.28. The third-order valence-corrected chi connectivity index (χ3v) is 5.56. The van der Waals surface area contributed by atoms with Crippen molar-refractivity contribution in [3.63, 3.8) is 0 Å². The number of rotatable bonds is 8. The number of unbranched alkanes of at least 4 members (excludes halogenated alkanes) is 5. The predicted octanol–water partition coefficient (Wildman–Crippen LogP) is 5.77.